The molecular weight excluding hydrogens is 377 g/mol. The molecule has 0 radical (unpaired) electrons. The van der Waals surface area contributed by atoms with Crippen LogP contribution in [0, 0.1) is 12.7 Å². The smallest absolute Gasteiger partial charge is 0.134 e. The first-order valence-corrected chi connectivity index (χ1v) is 10.6. The highest BCUT2D eigenvalue weighted by Crippen LogP contribution is 2.26. The number of aryl methyl sites for hydroxylation is 1. The predicted molar refractivity (Wildman–Crippen MR) is 119 cm³/mol. The summed E-state index contributed by atoms with van der Waals surface area (Å²) >= 11 is 0. The topological polar surface area (TPSA) is 31.6 Å². The average Bonchev–Trinajstić information content (AvgIpc) is 3.22. The van der Waals surface area contributed by atoms with Crippen LogP contribution in [0.4, 0.5) is 4.39 Å². The van der Waals surface area contributed by atoms with Crippen molar-refractivity contribution in [3.8, 4) is 11.3 Å². The van der Waals surface area contributed by atoms with Gasteiger partial charge >= 0.3 is 0 Å². The Labute approximate surface area is 178 Å². The van der Waals surface area contributed by atoms with Crippen molar-refractivity contribution in [1.82, 2.24) is 15.1 Å². The molecular formula is C25H30FN3O. The van der Waals surface area contributed by atoms with Gasteiger partial charge in [0.05, 0.1) is 6.54 Å². The summed E-state index contributed by atoms with van der Waals surface area (Å²) in [5.74, 6) is 1.44. The normalized spacial score (nSPS) is 16.6. The van der Waals surface area contributed by atoms with Gasteiger partial charge in [0.25, 0.3) is 0 Å². The maximum absolute atomic E-state index is 13.4. The van der Waals surface area contributed by atoms with E-state index in [1.165, 1.54) is 17.7 Å². The summed E-state index contributed by atoms with van der Waals surface area (Å²) in [5.41, 5.74) is 3.10. The molecule has 0 bridgehead atoms. The van der Waals surface area contributed by atoms with Gasteiger partial charge in [0.2, 0.25) is 0 Å². The fourth-order valence-electron chi connectivity index (χ4n) is 4.01. The molecule has 158 valence electrons. The number of halogens is 1. The fourth-order valence-corrected chi connectivity index (χ4v) is 4.01. The van der Waals surface area contributed by atoms with Crippen LogP contribution in [0.3, 0.4) is 0 Å². The second-order valence-electron chi connectivity index (χ2n) is 8.17. The van der Waals surface area contributed by atoms with Crippen molar-refractivity contribution in [2.45, 2.75) is 19.5 Å². The van der Waals surface area contributed by atoms with Gasteiger partial charge < -0.3 is 14.6 Å². The molecule has 1 aromatic heterocycles. The highest BCUT2D eigenvalue weighted by Gasteiger charge is 2.20. The minimum atomic E-state index is -0.223. The molecule has 1 aliphatic rings. The second kappa shape index (κ2) is 9.56. The van der Waals surface area contributed by atoms with Crippen molar-refractivity contribution in [3.63, 3.8) is 0 Å². The molecule has 1 saturated heterocycles. The molecule has 1 N–H and O–H groups in total. The highest BCUT2D eigenvalue weighted by molar-refractivity contribution is 5.62. The van der Waals surface area contributed by atoms with Crippen molar-refractivity contribution in [2.75, 3.05) is 39.8 Å². The lowest BCUT2D eigenvalue weighted by atomic mass is 10.1. The van der Waals surface area contributed by atoms with Gasteiger partial charge in [-0.2, -0.15) is 0 Å². The van der Waals surface area contributed by atoms with Crippen LogP contribution >= 0.6 is 0 Å². The van der Waals surface area contributed by atoms with Gasteiger partial charge in [0, 0.05) is 44.3 Å². The number of furan rings is 1. The van der Waals surface area contributed by atoms with Crippen molar-refractivity contribution >= 4 is 0 Å². The molecule has 1 unspecified atom stereocenters. The number of likely N-dealkylation sites (N-methyl/N-ethyl adjacent to an activating group) is 1. The largest absolute Gasteiger partial charge is 0.460 e. The first-order chi connectivity index (χ1) is 14.6. The van der Waals surface area contributed by atoms with Crippen LogP contribution < -0.4 is 5.32 Å². The standard InChI is InChI=1S/C25H30FN3O/c1-19-16-21(26)8-10-23(19)25-11-9-22(30-25)17-27-24(20-6-4-3-5-7-20)18-29-14-12-28(2)13-15-29/h3-11,16,24,27H,12-15,17-18H2,1-2H3. The van der Waals surface area contributed by atoms with Crippen molar-refractivity contribution in [3.05, 3.63) is 83.4 Å². The molecule has 4 nitrogen and oxygen atoms in total. The Morgan fingerprint density at radius 1 is 1.00 bits per heavy atom. The third-order valence-electron chi connectivity index (χ3n) is 5.88. The van der Waals surface area contributed by atoms with Gasteiger partial charge in [-0.3, -0.25) is 4.90 Å². The van der Waals surface area contributed by atoms with Gasteiger partial charge in [-0.05, 0) is 55.4 Å². The molecule has 1 atom stereocenters. The molecule has 0 saturated carbocycles. The Morgan fingerprint density at radius 3 is 2.50 bits per heavy atom. The molecule has 0 spiro atoms. The maximum atomic E-state index is 13.4. The number of benzene rings is 2. The number of piperazine rings is 1. The number of hydrogen-bond acceptors (Lipinski definition) is 4. The Hall–Kier alpha value is -2.47. The van der Waals surface area contributed by atoms with Crippen LogP contribution in [0.25, 0.3) is 11.3 Å². The molecule has 4 rings (SSSR count). The summed E-state index contributed by atoms with van der Waals surface area (Å²) in [7, 11) is 2.18. The Balaban J connectivity index is 1.44. The third-order valence-corrected chi connectivity index (χ3v) is 5.88. The second-order valence-corrected chi connectivity index (χ2v) is 8.17. The molecule has 30 heavy (non-hydrogen) atoms. The lowest BCUT2D eigenvalue weighted by Crippen LogP contribution is -2.47. The SMILES string of the molecule is Cc1cc(F)ccc1-c1ccc(CNC(CN2CCN(C)CC2)c2ccccc2)o1. The van der Waals surface area contributed by atoms with E-state index >= 15 is 0 Å². The van der Waals surface area contributed by atoms with E-state index in [0.29, 0.717) is 6.54 Å². The zero-order chi connectivity index (χ0) is 20.9. The fraction of sp³-hybridized carbons (Fsp3) is 0.360. The van der Waals surface area contributed by atoms with Gasteiger partial charge in [-0.15, -0.1) is 0 Å². The van der Waals surface area contributed by atoms with Crippen molar-refractivity contribution in [1.29, 1.82) is 0 Å². The Kier molecular flexibility index (Phi) is 6.62. The Morgan fingerprint density at radius 2 is 1.77 bits per heavy atom. The zero-order valence-electron chi connectivity index (χ0n) is 17.8. The molecule has 0 aliphatic carbocycles. The van der Waals surface area contributed by atoms with Crippen LogP contribution in [-0.2, 0) is 6.54 Å². The maximum Gasteiger partial charge on any atom is 0.134 e. The van der Waals surface area contributed by atoms with Crippen LogP contribution in [0.2, 0.25) is 0 Å². The minimum Gasteiger partial charge on any atom is -0.460 e. The molecule has 2 heterocycles. The molecule has 1 aliphatic heterocycles. The summed E-state index contributed by atoms with van der Waals surface area (Å²) in [4.78, 5) is 4.91. The van der Waals surface area contributed by atoms with E-state index in [9.17, 15) is 4.39 Å². The van der Waals surface area contributed by atoms with Crippen molar-refractivity contribution < 1.29 is 8.81 Å². The van der Waals surface area contributed by atoms with E-state index in [2.05, 4.69) is 52.5 Å². The molecule has 3 aromatic rings. The van der Waals surface area contributed by atoms with E-state index in [-0.39, 0.29) is 11.9 Å². The van der Waals surface area contributed by atoms with E-state index < -0.39 is 0 Å². The van der Waals surface area contributed by atoms with E-state index in [1.807, 2.05) is 19.1 Å². The highest BCUT2D eigenvalue weighted by atomic mass is 19.1. The molecule has 5 heteroatoms. The summed E-state index contributed by atoms with van der Waals surface area (Å²) in [6, 6.07) is 19.6. The summed E-state index contributed by atoms with van der Waals surface area (Å²) < 4.78 is 19.5. The zero-order valence-corrected chi connectivity index (χ0v) is 17.8. The molecule has 1 fully saturated rings. The van der Waals surface area contributed by atoms with Gasteiger partial charge in [-0.25, -0.2) is 4.39 Å². The van der Waals surface area contributed by atoms with Crippen LogP contribution in [0.15, 0.2) is 65.1 Å². The van der Waals surface area contributed by atoms with Gasteiger partial charge in [0.15, 0.2) is 0 Å². The number of hydrogen-bond donors (Lipinski definition) is 1. The number of nitrogens with zero attached hydrogens (tertiary/aromatic N) is 2. The molecule has 2 aromatic carbocycles. The van der Waals surface area contributed by atoms with E-state index in [1.54, 1.807) is 6.07 Å². The van der Waals surface area contributed by atoms with E-state index in [4.69, 9.17) is 4.42 Å². The van der Waals surface area contributed by atoms with Crippen LogP contribution in [0.5, 0.6) is 0 Å². The number of rotatable bonds is 7. The quantitative estimate of drug-likeness (QED) is 0.626. The first-order valence-electron chi connectivity index (χ1n) is 10.6. The summed E-state index contributed by atoms with van der Waals surface area (Å²) in [5, 5.41) is 3.69. The predicted octanol–water partition coefficient (Wildman–Crippen LogP) is 4.47. The van der Waals surface area contributed by atoms with Crippen LogP contribution in [-0.4, -0.2) is 49.6 Å². The summed E-state index contributed by atoms with van der Waals surface area (Å²) in [6.45, 7) is 7.93. The minimum absolute atomic E-state index is 0.223. The van der Waals surface area contributed by atoms with Gasteiger partial charge in [0.1, 0.15) is 17.3 Å². The van der Waals surface area contributed by atoms with Gasteiger partial charge in [-0.1, -0.05) is 30.3 Å². The Bertz CT molecular complexity index is 948. The third kappa shape index (κ3) is 5.17. The summed E-state index contributed by atoms with van der Waals surface area (Å²) in [6.07, 6.45) is 0. The first kappa shape index (κ1) is 20.8. The number of nitrogens with one attached hydrogen (secondary N) is 1. The monoisotopic (exact) mass is 407 g/mol. The van der Waals surface area contributed by atoms with Crippen molar-refractivity contribution in [2.24, 2.45) is 0 Å². The molecule has 0 amide bonds. The lowest BCUT2D eigenvalue weighted by Gasteiger charge is -2.35. The van der Waals surface area contributed by atoms with Crippen LogP contribution in [0.1, 0.15) is 22.9 Å². The lowest BCUT2D eigenvalue weighted by molar-refractivity contribution is 0.141. The average molecular weight is 408 g/mol. The van der Waals surface area contributed by atoms with E-state index in [0.717, 1.165) is 55.4 Å².